The van der Waals surface area contributed by atoms with Crippen LogP contribution in [-0.4, -0.2) is 25.6 Å². The highest BCUT2D eigenvalue weighted by molar-refractivity contribution is 5.94. The number of carbonyl (C=O) groups is 1. The van der Waals surface area contributed by atoms with Crippen molar-refractivity contribution in [3.63, 3.8) is 0 Å². The van der Waals surface area contributed by atoms with E-state index in [0.717, 1.165) is 11.3 Å². The summed E-state index contributed by atoms with van der Waals surface area (Å²) in [5.74, 6) is 0.808. The lowest BCUT2D eigenvalue weighted by Gasteiger charge is -2.05. The Balaban J connectivity index is 2.37. The Labute approximate surface area is 114 Å². The Morgan fingerprint density at radius 3 is 2.47 bits per heavy atom. The molecule has 0 aromatic heterocycles. The van der Waals surface area contributed by atoms with Crippen molar-refractivity contribution in [3.8, 4) is 5.75 Å². The van der Waals surface area contributed by atoms with E-state index in [4.69, 9.17) is 9.47 Å². The first-order chi connectivity index (χ1) is 9.13. The van der Waals surface area contributed by atoms with E-state index in [1.807, 2.05) is 13.0 Å². The monoisotopic (exact) mass is 260 g/mol. The molecule has 102 valence electrons. The normalized spacial score (nSPS) is 11.2. The van der Waals surface area contributed by atoms with Crippen LogP contribution in [0.2, 0.25) is 0 Å². The molecular formula is C16H20O3. The van der Waals surface area contributed by atoms with E-state index in [-0.39, 0.29) is 5.78 Å². The summed E-state index contributed by atoms with van der Waals surface area (Å²) in [5, 5.41) is 0. The van der Waals surface area contributed by atoms with Gasteiger partial charge < -0.3 is 9.47 Å². The molecule has 0 N–H and O–H groups in total. The summed E-state index contributed by atoms with van der Waals surface area (Å²) in [7, 11) is 0. The zero-order valence-corrected chi connectivity index (χ0v) is 11.5. The van der Waals surface area contributed by atoms with Crippen LogP contribution in [0.15, 0.2) is 48.6 Å². The minimum absolute atomic E-state index is 0.0571. The summed E-state index contributed by atoms with van der Waals surface area (Å²) in [5.41, 5.74) is 1.80. The van der Waals surface area contributed by atoms with Gasteiger partial charge in [-0.2, -0.15) is 0 Å². The van der Waals surface area contributed by atoms with Gasteiger partial charge in [0.1, 0.15) is 12.4 Å². The van der Waals surface area contributed by atoms with Gasteiger partial charge in [-0.15, -0.1) is 6.58 Å². The Kier molecular flexibility index (Phi) is 6.61. The Morgan fingerprint density at radius 1 is 1.21 bits per heavy atom. The third-order valence-corrected chi connectivity index (χ3v) is 2.51. The van der Waals surface area contributed by atoms with E-state index < -0.39 is 0 Å². The third-order valence-electron chi connectivity index (χ3n) is 2.51. The Morgan fingerprint density at radius 2 is 1.89 bits per heavy atom. The van der Waals surface area contributed by atoms with E-state index in [1.165, 1.54) is 0 Å². The summed E-state index contributed by atoms with van der Waals surface area (Å²) in [6.07, 6.45) is 3.70. The van der Waals surface area contributed by atoms with E-state index in [9.17, 15) is 4.79 Å². The highest BCUT2D eigenvalue weighted by Crippen LogP contribution is 2.12. The molecule has 0 aliphatic heterocycles. The maximum atomic E-state index is 11.1. The van der Waals surface area contributed by atoms with Crippen molar-refractivity contribution in [2.45, 2.75) is 13.8 Å². The number of Topliss-reactive ketones (excluding diaryl/α,β-unsaturated/α-hetero) is 1. The van der Waals surface area contributed by atoms with Crippen molar-refractivity contribution >= 4 is 5.78 Å². The number of hydrogen-bond acceptors (Lipinski definition) is 3. The predicted molar refractivity (Wildman–Crippen MR) is 76.7 cm³/mol. The molecule has 1 aromatic rings. The molecule has 0 saturated heterocycles. The van der Waals surface area contributed by atoms with Gasteiger partial charge in [0.25, 0.3) is 0 Å². The van der Waals surface area contributed by atoms with Gasteiger partial charge in [0.05, 0.1) is 13.2 Å². The number of rotatable bonds is 8. The van der Waals surface area contributed by atoms with Crippen LogP contribution in [0.3, 0.4) is 0 Å². The first kappa shape index (κ1) is 15.2. The van der Waals surface area contributed by atoms with E-state index in [2.05, 4.69) is 6.58 Å². The fourth-order valence-electron chi connectivity index (χ4n) is 1.43. The predicted octanol–water partition coefficient (Wildman–Crippen LogP) is 3.42. The summed E-state index contributed by atoms with van der Waals surface area (Å²) < 4.78 is 10.9. The van der Waals surface area contributed by atoms with Crippen molar-refractivity contribution in [2.75, 3.05) is 19.8 Å². The molecule has 1 aromatic carbocycles. The summed E-state index contributed by atoms with van der Waals surface area (Å²) in [4.78, 5) is 11.1. The maximum Gasteiger partial charge on any atom is 0.159 e. The van der Waals surface area contributed by atoms with Gasteiger partial charge in [-0.25, -0.2) is 0 Å². The minimum Gasteiger partial charge on any atom is -0.490 e. The van der Waals surface area contributed by atoms with Crippen molar-refractivity contribution in [3.05, 3.63) is 54.1 Å². The zero-order chi connectivity index (χ0) is 14.1. The van der Waals surface area contributed by atoms with E-state index >= 15 is 0 Å². The second-order valence-electron chi connectivity index (χ2n) is 4.25. The quantitative estimate of drug-likeness (QED) is 0.408. The lowest BCUT2D eigenvalue weighted by atomic mass is 10.1. The molecule has 0 saturated carbocycles. The second-order valence-corrected chi connectivity index (χ2v) is 4.25. The van der Waals surface area contributed by atoms with Crippen molar-refractivity contribution in [1.82, 2.24) is 0 Å². The molecule has 0 bridgehead atoms. The highest BCUT2D eigenvalue weighted by atomic mass is 16.5. The van der Waals surface area contributed by atoms with Crippen LogP contribution in [0.1, 0.15) is 24.2 Å². The van der Waals surface area contributed by atoms with E-state index in [0.29, 0.717) is 25.4 Å². The fraction of sp³-hybridized carbons (Fsp3) is 0.312. The van der Waals surface area contributed by atoms with Crippen LogP contribution in [0, 0.1) is 0 Å². The van der Waals surface area contributed by atoms with Crippen LogP contribution in [-0.2, 0) is 4.74 Å². The number of carbonyl (C=O) groups excluding carboxylic acids is 1. The van der Waals surface area contributed by atoms with Gasteiger partial charge in [-0.3, -0.25) is 4.79 Å². The SMILES string of the molecule is C=CCOCC(C)=CCOc1ccc(C(C)=O)cc1. The average molecular weight is 260 g/mol. The van der Waals surface area contributed by atoms with Gasteiger partial charge in [0.2, 0.25) is 0 Å². The lowest BCUT2D eigenvalue weighted by molar-refractivity contribution is 0.101. The smallest absolute Gasteiger partial charge is 0.159 e. The number of ketones is 1. The molecular weight excluding hydrogens is 240 g/mol. The third kappa shape index (κ3) is 6.02. The summed E-state index contributed by atoms with van der Waals surface area (Å²) in [6.45, 7) is 8.75. The van der Waals surface area contributed by atoms with Crippen LogP contribution in [0.25, 0.3) is 0 Å². The first-order valence-corrected chi connectivity index (χ1v) is 6.21. The molecule has 3 heteroatoms. The van der Waals surface area contributed by atoms with Gasteiger partial charge in [-0.05, 0) is 49.8 Å². The van der Waals surface area contributed by atoms with Crippen molar-refractivity contribution < 1.29 is 14.3 Å². The van der Waals surface area contributed by atoms with Crippen LogP contribution < -0.4 is 4.74 Å². The number of ether oxygens (including phenoxy) is 2. The average Bonchev–Trinajstić information content (AvgIpc) is 2.39. The second kappa shape index (κ2) is 8.27. The van der Waals surface area contributed by atoms with Crippen LogP contribution in [0.5, 0.6) is 5.75 Å². The molecule has 19 heavy (non-hydrogen) atoms. The van der Waals surface area contributed by atoms with Gasteiger partial charge in [0, 0.05) is 5.56 Å². The van der Waals surface area contributed by atoms with Gasteiger partial charge in [0.15, 0.2) is 5.78 Å². The number of hydrogen-bond donors (Lipinski definition) is 0. The van der Waals surface area contributed by atoms with Gasteiger partial charge in [-0.1, -0.05) is 6.08 Å². The molecule has 0 fully saturated rings. The van der Waals surface area contributed by atoms with Crippen molar-refractivity contribution in [1.29, 1.82) is 0 Å². The van der Waals surface area contributed by atoms with E-state index in [1.54, 1.807) is 37.3 Å². The molecule has 0 atom stereocenters. The standard InChI is InChI=1S/C16H20O3/c1-4-10-18-12-13(2)9-11-19-16-7-5-15(6-8-16)14(3)17/h4-9H,1,10-12H2,2-3H3. The fourth-order valence-corrected chi connectivity index (χ4v) is 1.43. The topological polar surface area (TPSA) is 35.5 Å². The molecule has 0 aliphatic rings. The highest BCUT2D eigenvalue weighted by Gasteiger charge is 1.99. The Hall–Kier alpha value is -1.87. The first-order valence-electron chi connectivity index (χ1n) is 6.21. The minimum atomic E-state index is 0.0571. The molecule has 0 unspecified atom stereocenters. The Bertz CT molecular complexity index is 444. The molecule has 0 spiro atoms. The molecule has 0 heterocycles. The molecule has 0 aliphatic carbocycles. The number of benzene rings is 1. The lowest BCUT2D eigenvalue weighted by Crippen LogP contribution is -2.00. The molecule has 3 nitrogen and oxygen atoms in total. The van der Waals surface area contributed by atoms with Gasteiger partial charge >= 0.3 is 0 Å². The molecule has 0 radical (unpaired) electrons. The molecule has 1 rings (SSSR count). The summed E-state index contributed by atoms with van der Waals surface area (Å²) in [6, 6.07) is 7.13. The van der Waals surface area contributed by atoms with Crippen molar-refractivity contribution in [2.24, 2.45) is 0 Å². The maximum absolute atomic E-state index is 11.1. The largest absolute Gasteiger partial charge is 0.490 e. The summed E-state index contributed by atoms with van der Waals surface area (Å²) >= 11 is 0. The van der Waals surface area contributed by atoms with Crippen LogP contribution in [0.4, 0.5) is 0 Å². The zero-order valence-electron chi connectivity index (χ0n) is 11.5. The van der Waals surface area contributed by atoms with Crippen LogP contribution >= 0.6 is 0 Å². The molecule has 0 amide bonds.